The summed E-state index contributed by atoms with van der Waals surface area (Å²) in [4.78, 5) is 22.1. The van der Waals surface area contributed by atoms with Crippen LogP contribution in [0.25, 0.3) is 0 Å². The molecule has 16 heavy (non-hydrogen) atoms. The zero-order chi connectivity index (χ0) is 12.0. The normalized spacial score (nSPS) is 20.8. The average molecular weight is 226 g/mol. The number of carboxylic acid groups (broad SMARTS) is 1. The third-order valence-electron chi connectivity index (χ3n) is 2.19. The molecule has 6 heteroatoms. The first kappa shape index (κ1) is 12.3. The molecule has 3 N–H and O–H groups in total. The first-order chi connectivity index (χ1) is 7.63. The van der Waals surface area contributed by atoms with Gasteiger partial charge in [0.2, 0.25) is 0 Å². The SMILES string of the molecule is C#CCC(NC(=O)NC1CCOC1)C(=O)O. The van der Waals surface area contributed by atoms with E-state index in [4.69, 9.17) is 16.3 Å². The molecule has 6 nitrogen and oxygen atoms in total. The van der Waals surface area contributed by atoms with E-state index in [-0.39, 0.29) is 12.5 Å². The minimum Gasteiger partial charge on any atom is -0.480 e. The third kappa shape index (κ3) is 3.79. The predicted octanol–water partition coefficient (Wildman–Crippen LogP) is -0.449. The molecular weight excluding hydrogens is 212 g/mol. The maximum Gasteiger partial charge on any atom is 0.327 e. The summed E-state index contributed by atoms with van der Waals surface area (Å²) in [5.41, 5.74) is 0. The quantitative estimate of drug-likeness (QED) is 0.567. The van der Waals surface area contributed by atoms with Crippen molar-refractivity contribution in [3.05, 3.63) is 0 Å². The number of carboxylic acids is 1. The maximum atomic E-state index is 11.4. The molecule has 0 aromatic rings. The molecule has 0 radical (unpaired) electrons. The number of nitrogens with one attached hydrogen (secondary N) is 2. The van der Waals surface area contributed by atoms with Gasteiger partial charge in [-0.15, -0.1) is 12.3 Å². The molecule has 1 saturated heterocycles. The second-order valence-electron chi connectivity index (χ2n) is 3.48. The fourth-order valence-electron chi connectivity index (χ4n) is 1.35. The Morgan fingerprint density at radius 2 is 2.38 bits per heavy atom. The topological polar surface area (TPSA) is 87.7 Å². The molecule has 0 aromatic carbocycles. The largest absolute Gasteiger partial charge is 0.480 e. The van der Waals surface area contributed by atoms with Crippen molar-refractivity contribution in [2.24, 2.45) is 0 Å². The molecule has 1 heterocycles. The molecule has 2 unspecified atom stereocenters. The first-order valence-corrected chi connectivity index (χ1v) is 4.94. The summed E-state index contributed by atoms with van der Waals surface area (Å²) in [5.74, 6) is 1.06. The van der Waals surface area contributed by atoms with Crippen molar-refractivity contribution in [2.45, 2.75) is 24.9 Å². The number of rotatable bonds is 4. The molecule has 2 amide bonds. The van der Waals surface area contributed by atoms with Crippen LogP contribution in [0.1, 0.15) is 12.8 Å². The second kappa shape index (κ2) is 5.98. The molecular formula is C10H14N2O4. The number of amides is 2. The molecule has 0 bridgehead atoms. The van der Waals surface area contributed by atoms with E-state index in [0.717, 1.165) is 6.42 Å². The van der Waals surface area contributed by atoms with Crippen molar-refractivity contribution in [3.63, 3.8) is 0 Å². The number of ether oxygens (including phenoxy) is 1. The first-order valence-electron chi connectivity index (χ1n) is 4.94. The highest BCUT2D eigenvalue weighted by Crippen LogP contribution is 2.02. The lowest BCUT2D eigenvalue weighted by molar-refractivity contribution is -0.139. The Hall–Kier alpha value is -1.74. The van der Waals surface area contributed by atoms with Gasteiger partial charge in [0.05, 0.1) is 12.6 Å². The summed E-state index contributed by atoms with van der Waals surface area (Å²) >= 11 is 0. The molecule has 0 aliphatic carbocycles. The summed E-state index contributed by atoms with van der Waals surface area (Å²) in [5, 5.41) is 13.7. The highest BCUT2D eigenvalue weighted by molar-refractivity contribution is 5.82. The molecule has 0 aromatic heterocycles. The molecule has 1 fully saturated rings. The van der Waals surface area contributed by atoms with Crippen molar-refractivity contribution in [1.29, 1.82) is 0 Å². The van der Waals surface area contributed by atoms with Crippen molar-refractivity contribution >= 4 is 12.0 Å². The molecule has 88 valence electrons. The van der Waals surface area contributed by atoms with Gasteiger partial charge >= 0.3 is 12.0 Å². The second-order valence-corrected chi connectivity index (χ2v) is 3.48. The number of terminal acetylenes is 1. The van der Waals surface area contributed by atoms with Crippen LogP contribution in [0, 0.1) is 12.3 Å². The summed E-state index contributed by atoms with van der Waals surface area (Å²) < 4.78 is 5.07. The van der Waals surface area contributed by atoms with Gasteiger partial charge in [-0.2, -0.15) is 0 Å². The van der Waals surface area contributed by atoms with Gasteiger partial charge in [-0.1, -0.05) is 0 Å². The number of hydrogen-bond acceptors (Lipinski definition) is 3. The molecule has 1 aliphatic heterocycles. The van der Waals surface area contributed by atoms with Crippen molar-refractivity contribution in [1.82, 2.24) is 10.6 Å². The van der Waals surface area contributed by atoms with Gasteiger partial charge < -0.3 is 20.5 Å². The van der Waals surface area contributed by atoms with Crippen molar-refractivity contribution in [2.75, 3.05) is 13.2 Å². The number of carbonyl (C=O) groups excluding carboxylic acids is 1. The third-order valence-corrected chi connectivity index (χ3v) is 2.19. The van der Waals surface area contributed by atoms with Crippen molar-refractivity contribution < 1.29 is 19.4 Å². The van der Waals surface area contributed by atoms with Gasteiger partial charge in [0.1, 0.15) is 6.04 Å². The van der Waals surface area contributed by atoms with Crippen LogP contribution in [-0.2, 0) is 9.53 Å². The van der Waals surface area contributed by atoms with Crippen LogP contribution in [0.2, 0.25) is 0 Å². The Balaban J connectivity index is 2.36. The lowest BCUT2D eigenvalue weighted by Crippen LogP contribution is -2.49. The Labute approximate surface area is 93.3 Å². The van der Waals surface area contributed by atoms with E-state index < -0.39 is 18.0 Å². The van der Waals surface area contributed by atoms with Gasteiger partial charge in [-0.05, 0) is 6.42 Å². The van der Waals surface area contributed by atoms with E-state index in [1.165, 1.54) is 0 Å². The molecule has 0 saturated carbocycles. The monoisotopic (exact) mass is 226 g/mol. The van der Waals surface area contributed by atoms with Crippen LogP contribution in [0.3, 0.4) is 0 Å². The van der Waals surface area contributed by atoms with Crippen LogP contribution in [0.5, 0.6) is 0 Å². The molecule has 1 rings (SSSR count). The van der Waals surface area contributed by atoms with Crippen LogP contribution < -0.4 is 10.6 Å². The highest BCUT2D eigenvalue weighted by Gasteiger charge is 2.22. The maximum absolute atomic E-state index is 11.4. The minimum atomic E-state index is -1.14. The van der Waals surface area contributed by atoms with Crippen LogP contribution >= 0.6 is 0 Å². The Morgan fingerprint density at radius 3 is 2.88 bits per heavy atom. The van der Waals surface area contributed by atoms with E-state index in [1.54, 1.807) is 0 Å². The number of hydrogen-bond donors (Lipinski definition) is 3. The Bertz CT molecular complexity index is 304. The Kier molecular flexibility index (Phi) is 4.61. The van der Waals surface area contributed by atoms with E-state index in [1.807, 2.05) is 0 Å². The molecule has 1 aliphatic rings. The van der Waals surface area contributed by atoms with Crippen LogP contribution in [0.15, 0.2) is 0 Å². The smallest absolute Gasteiger partial charge is 0.327 e. The number of aliphatic carboxylic acids is 1. The van der Waals surface area contributed by atoms with Gasteiger partial charge in [-0.3, -0.25) is 0 Å². The summed E-state index contributed by atoms with van der Waals surface area (Å²) in [6, 6.07) is -1.63. The zero-order valence-corrected chi connectivity index (χ0v) is 8.73. The average Bonchev–Trinajstić information content (AvgIpc) is 2.69. The molecule has 2 atom stereocenters. The van der Waals surface area contributed by atoms with E-state index in [0.29, 0.717) is 13.2 Å². The van der Waals surface area contributed by atoms with Gasteiger partial charge in [-0.25, -0.2) is 9.59 Å². The summed E-state index contributed by atoms with van der Waals surface area (Å²) in [6.07, 6.45) is 5.70. The lowest BCUT2D eigenvalue weighted by atomic mass is 10.2. The Morgan fingerprint density at radius 1 is 1.62 bits per heavy atom. The van der Waals surface area contributed by atoms with E-state index in [9.17, 15) is 9.59 Å². The minimum absolute atomic E-state index is 0.0378. The van der Waals surface area contributed by atoms with Gasteiger partial charge in [0, 0.05) is 13.0 Å². The van der Waals surface area contributed by atoms with Crippen molar-refractivity contribution in [3.8, 4) is 12.3 Å². The van der Waals surface area contributed by atoms with E-state index in [2.05, 4.69) is 16.6 Å². The highest BCUT2D eigenvalue weighted by atomic mass is 16.5. The van der Waals surface area contributed by atoms with Crippen LogP contribution in [0.4, 0.5) is 4.79 Å². The van der Waals surface area contributed by atoms with Gasteiger partial charge in [0.25, 0.3) is 0 Å². The van der Waals surface area contributed by atoms with Gasteiger partial charge in [0.15, 0.2) is 0 Å². The van der Waals surface area contributed by atoms with Crippen LogP contribution in [-0.4, -0.2) is 42.4 Å². The fourth-order valence-corrected chi connectivity index (χ4v) is 1.35. The van der Waals surface area contributed by atoms with E-state index >= 15 is 0 Å². The molecule has 0 spiro atoms. The lowest BCUT2D eigenvalue weighted by Gasteiger charge is -2.15. The summed E-state index contributed by atoms with van der Waals surface area (Å²) in [7, 11) is 0. The standard InChI is InChI=1S/C10H14N2O4/c1-2-3-8(9(13)14)12-10(15)11-7-4-5-16-6-7/h1,7-8H,3-6H2,(H,13,14)(H2,11,12,15). The predicted molar refractivity (Wildman–Crippen MR) is 55.8 cm³/mol. The number of urea groups is 1. The number of carbonyl (C=O) groups is 2. The fraction of sp³-hybridized carbons (Fsp3) is 0.600. The summed E-state index contributed by atoms with van der Waals surface area (Å²) in [6.45, 7) is 1.07. The zero-order valence-electron chi connectivity index (χ0n) is 8.73.